The van der Waals surface area contributed by atoms with E-state index in [1.165, 1.54) is 0 Å². The number of aromatic nitrogens is 4. The predicted octanol–water partition coefficient (Wildman–Crippen LogP) is 0.414. The van der Waals surface area contributed by atoms with Gasteiger partial charge in [0, 0.05) is 44.8 Å². The van der Waals surface area contributed by atoms with Gasteiger partial charge in [-0.15, -0.1) is 0 Å². The molecule has 0 N–H and O–H groups in total. The van der Waals surface area contributed by atoms with Crippen LogP contribution < -0.4 is 4.90 Å². The summed E-state index contributed by atoms with van der Waals surface area (Å²) in [6, 6.07) is 1.89. The summed E-state index contributed by atoms with van der Waals surface area (Å²) in [6.07, 6.45) is 7.18. The van der Waals surface area contributed by atoms with E-state index in [9.17, 15) is 0 Å². The van der Waals surface area contributed by atoms with Crippen molar-refractivity contribution in [3.8, 4) is 5.82 Å². The van der Waals surface area contributed by atoms with Crippen molar-refractivity contribution >= 4 is 5.95 Å². The summed E-state index contributed by atoms with van der Waals surface area (Å²) in [6.45, 7) is 4.06. The number of likely N-dealkylation sites (N-methyl/N-ethyl adjacent to an activating group) is 1. The summed E-state index contributed by atoms with van der Waals surface area (Å²) >= 11 is 0. The van der Waals surface area contributed by atoms with Crippen LogP contribution in [0.1, 0.15) is 0 Å². The van der Waals surface area contributed by atoms with E-state index in [4.69, 9.17) is 0 Å². The molecule has 3 rings (SSSR count). The lowest BCUT2D eigenvalue weighted by Gasteiger charge is -2.32. The average molecular weight is 244 g/mol. The molecular formula is C12H16N6. The van der Waals surface area contributed by atoms with Gasteiger partial charge in [0.25, 0.3) is 0 Å². The van der Waals surface area contributed by atoms with Gasteiger partial charge in [0.05, 0.1) is 0 Å². The topological polar surface area (TPSA) is 50.1 Å². The largest absolute Gasteiger partial charge is 0.338 e. The van der Waals surface area contributed by atoms with E-state index in [1.807, 2.05) is 16.8 Å². The maximum atomic E-state index is 4.58. The third-order valence-electron chi connectivity index (χ3n) is 3.18. The van der Waals surface area contributed by atoms with Crippen molar-refractivity contribution in [3.63, 3.8) is 0 Å². The van der Waals surface area contributed by atoms with Crippen molar-refractivity contribution in [1.82, 2.24) is 24.4 Å². The van der Waals surface area contributed by atoms with Crippen LogP contribution in [0.5, 0.6) is 0 Å². The summed E-state index contributed by atoms with van der Waals surface area (Å²) < 4.78 is 1.89. The third-order valence-corrected chi connectivity index (χ3v) is 3.18. The van der Waals surface area contributed by atoms with Gasteiger partial charge in [-0.25, -0.2) is 9.97 Å². The lowest BCUT2D eigenvalue weighted by atomic mass is 10.3. The summed E-state index contributed by atoms with van der Waals surface area (Å²) in [5.74, 6) is 1.66. The van der Waals surface area contributed by atoms with Gasteiger partial charge in [0.15, 0.2) is 0 Å². The lowest BCUT2D eigenvalue weighted by Crippen LogP contribution is -2.45. The first-order valence-electron chi connectivity index (χ1n) is 6.08. The van der Waals surface area contributed by atoms with Crippen molar-refractivity contribution < 1.29 is 0 Å². The molecule has 0 aliphatic carbocycles. The number of hydrogen-bond donors (Lipinski definition) is 0. The number of hydrogen-bond acceptors (Lipinski definition) is 5. The van der Waals surface area contributed by atoms with Crippen LogP contribution in [-0.4, -0.2) is 57.6 Å². The monoisotopic (exact) mass is 244 g/mol. The lowest BCUT2D eigenvalue weighted by molar-refractivity contribution is 0.311. The Kier molecular flexibility index (Phi) is 2.93. The number of rotatable bonds is 2. The minimum Gasteiger partial charge on any atom is -0.338 e. The quantitative estimate of drug-likeness (QED) is 0.766. The zero-order valence-corrected chi connectivity index (χ0v) is 10.4. The molecule has 2 aromatic rings. The molecule has 1 aliphatic rings. The first-order valence-corrected chi connectivity index (χ1v) is 6.08. The van der Waals surface area contributed by atoms with E-state index >= 15 is 0 Å². The molecule has 0 atom stereocenters. The van der Waals surface area contributed by atoms with Gasteiger partial charge < -0.3 is 9.80 Å². The number of nitrogens with zero attached hydrogens (tertiary/aromatic N) is 6. The Balaban J connectivity index is 1.83. The SMILES string of the molecule is CN1CCN(c2nccc(-n3ccnc3)n2)CC1. The van der Waals surface area contributed by atoms with Crippen LogP contribution in [0.25, 0.3) is 5.82 Å². The van der Waals surface area contributed by atoms with Crippen molar-refractivity contribution in [2.24, 2.45) is 0 Å². The second-order valence-corrected chi connectivity index (χ2v) is 4.48. The Labute approximate surface area is 106 Å². The van der Waals surface area contributed by atoms with Gasteiger partial charge in [0.2, 0.25) is 5.95 Å². The van der Waals surface area contributed by atoms with E-state index < -0.39 is 0 Å². The minimum atomic E-state index is 0.800. The molecule has 1 saturated heterocycles. The molecule has 0 bridgehead atoms. The second kappa shape index (κ2) is 4.73. The highest BCUT2D eigenvalue weighted by atomic mass is 15.3. The van der Waals surface area contributed by atoms with Gasteiger partial charge in [-0.05, 0) is 13.1 Å². The number of anilines is 1. The number of imidazole rings is 1. The molecule has 1 fully saturated rings. The summed E-state index contributed by atoms with van der Waals surface area (Å²) in [5.41, 5.74) is 0. The summed E-state index contributed by atoms with van der Waals surface area (Å²) in [7, 11) is 2.14. The van der Waals surface area contributed by atoms with Crippen molar-refractivity contribution in [2.45, 2.75) is 0 Å². The van der Waals surface area contributed by atoms with Gasteiger partial charge in [-0.1, -0.05) is 0 Å². The molecule has 0 amide bonds. The molecule has 2 aromatic heterocycles. The maximum Gasteiger partial charge on any atom is 0.227 e. The predicted molar refractivity (Wildman–Crippen MR) is 68.9 cm³/mol. The second-order valence-electron chi connectivity index (χ2n) is 4.48. The van der Waals surface area contributed by atoms with Crippen LogP contribution in [0.2, 0.25) is 0 Å². The molecule has 18 heavy (non-hydrogen) atoms. The molecule has 3 heterocycles. The average Bonchev–Trinajstić information content (AvgIpc) is 2.94. The highest BCUT2D eigenvalue weighted by molar-refractivity contribution is 5.35. The van der Waals surface area contributed by atoms with E-state index in [0.29, 0.717) is 0 Å². The van der Waals surface area contributed by atoms with E-state index in [1.54, 1.807) is 18.7 Å². The summed E-state index contributed by atoms with van der Waals surface area (Å²) in [4.78, 5) is 17.5. The molecule has 94 valence electrons. The van der Waals surface area contributed by atoms with Crippen LogP contribution >= 0.6 is 0 Å². The highest BCUT2D eigenvalue weighted by Crippen LogP contribution is 2.12. The van der Waals surface area contributed by atoms with Crippen molar-refractivity contribution in [1.29, 1.82) is 0 Å². The Hall–Kier alpha value is -1.95. The number of piperazine rings is 1. The van der Waals surface area contributed by atoms with Crippen LogP contribution in [0.4, 0.5) is 5.95 Å². The Morgan fingerprint density at radius 1 is 1.11 bits per heavy atom. The first kappa shape index (κ1) is 11.2. The zero-order valence-electron chi connectivity index (χ0n) is 10.4. The molecule has 0 spiro atoms. The first-order chi connectivity index (χ1) is 8.83. The van der Waals surface area contributed by atoms with Crippen LogP contribution in [0, 0.1) is 0 Å². The highest BCUT2D eigenvalue weighted by Gasteiger charge is 2.16. The van der Waals surface area contributed by atoms with Gasteiger partial charge in [-0.3, -0.25) is 4.57 Å². The smallest absolute Gasteiger partial charge is 0.227 e. The van der Waals surface area contributed by atoms with E-state index in [-0.39, 0.29) is 0 Å². The fourth-order valence-electron chi connectivity index (χ4n) is 2.04. The van der Waals surface area contributed by atoms with E-state index in [2.05, 4.69) is 31.8 Å². The standard InChI is InChI=1S/C12H16N6/c1-16-6-8-17(9-7-16)12-14-3-2-11(15-12)18-5-4-13-10-18/h2-5,10H,6-9H2,1H3. The van der Waals surface area contributed by atoms with Crippen LogP contribution in [-0.2, 0) is 0 Å². The summed E-state index contributed by atoms with van der Waals surface area (Å²) in [5, 5.41) is 0. The Morgan fingerprint density at radius 2 is 1.94 bits per heavy atom. The van der Waals surface area contributed by atoms with Gasteiger partial charge >= 0.3 is 0 Å². The normalized spacial score (nSPS) is 17.1. The molecule has 0 radical (unpaired) electrons. The molecule has 0 aromatic carbocycles. The van der Waals surface area contributed by atoms with E-state index in [0.717, 1.165) is 37.9 Å². The fourth-order valence-corrected chi connectivity index (χ4v) is 2.04. The Bertz CT molecular complexity index is 501. The van der Waals surface area contributed by atoms with Crippen molar-refractivity contribution in [3.05, 3.63) is 31.0 Å². The molecule has 1 aliphatic heterocycles. The van der Waals surface area contributed by atoms with Crippen molar-refractivity contribution in [2.75, 3.05) is 38.1 Å². The Morgan fingerprint density at radius 3 is 2.67 bits per heavy atom. The fraction of sp³-hybridized carbons (Fsp3) is 0.417. The third kappa shape index (κ3) is 2.19. The molecule has 0 unspecified atom stereocenters. The zero-order chi connectivity index (χ0) is 12.4. The molecular weight excluding hydrogens is 228 g/mol. The van der Waals surface area contributed by atoms with Crippen LogP contribution in [0.15, 0.2) is 31.0 Å². The van der Waals surface area contributed by atoms with Gasteiger partial charge in [0.1, 0.15) is 12.1 Å². The molecule has 6 nitrogen and oxygen atoms in total. The van der Waals surface area contributed by atoms with Crippen LogP contribution in [0.3, 0.4) is 0 Å². The maximum absolute atomic E-state index is 4.58. The van der Waals surface area contributed by atoms with Gasteiger partial charge in [-0.2, -0.15) is 4.98 Å². The minimum absolute atomic E-state index is 0.800. The molecule has 0 saturated carbocycles. The molecule has 6 heteroatoms.